The Bertz CT molecular complexity index is 107. The van der Waals surface area contributed by atoms with Crippen molar-refractivity contribution in [2.24, 2.45) is 0 Å². The van der Waals surface area contributed by atoms with Gasteiger partial charge in [-0.1, -0.05) is 6.92 Å². The van der Waals surface area contributed by atoms with Crippen LogP contribution in [0.4, 0.5) is 0 Å². The van der Waals surface area contributed by atoms with Gasteiger partial charge in [0.05, 0.1) is 12.0 Å². The summed E-state index contributed by atoms with van der Waals surface area (Å²) in [6, 6.07) is 0. The lowest BCUT2D eigenvalue weighted by Gasteiger charge is -2.17. The van der Waals surface area contributed by atoms with Crippen molar-refractivity contribution in [1.29, 1.82) is 0 Å². The van der Waals surface area contributed by atoms with Gasteiger partial charge in [0.15, 0.2) is 0 Å². The predicted molar refractivity (Wildman–Crippen MR) is 33.2 cm³/mol. The molecule has 0 amide bonds. The van der Waals surface area contributed by atoms with E-state index < -0.39 is 11.6 Å². The van der Waals surface area contributed by atoms with Gasteiger partial charge in [0.25, 0.3) is 0 Å². The van der Waals surface area contributed by atoms with Gasteiger partial charge in [-0.25, -0.2) is 0 Å². The minimum Gasteiger partial charge on any atom is -0.481 e. The Labute approximate surface area is 54.3 Å². The maximum absolute atomic E-state index is 10.0. The second kappa shape index (κ2) is 2.82. The first kappa shape index (κ1) is 8.43. The van der Waals surface area contributed by atoms with Crippen molar-refractivity contribution in [2.75, 3.05) is 0 Å². The van der Waals surface area contributed by atoms with Crippen LogP contribution in [0.3, 0.4) is 0 Å². The summed E-state index contributed by atoms with van der Waals surface area (Å²) in [6.45, 7) is 3.27. The summed E-state index contributed by atoms with van der Waals surface area (Å²) in [5.74, 6) is -0.957. The minimum absolute atomic E-state index is 0.177. The van der Waals surface area contributed by atoms with Crippen LogP contribution in [0.5, 0.6) is 0 Å². The first-order valence-corrected chi connectivity index (χ1v) is 2.92. The Morgan fingerprint density at radius 1 is 1.67 bits per heavy atom. The highest BCUT2D eigenvalue weighted by Gasteiger charge is 2.20. The average molecular weight is 132 g/mol. The van der Waals surface area contributed by atoms with Crippen molar-refractivity contribution in [3.05, 3.63) is 0 Å². The van der Waals surface area contributed by atoms with Crippen molar-refractivity contribution in [1.82, 2.24) is 0 Å². The molecule has 0 spiro atoms. The van der Waals surface area contributed by atoms with Crippen LogP contribution in [-0.2, 0) is 4.79 Å². The standard InChI is InChI=1S/C6H12O3/c1-3-6(2,9)4-5(7)8/h9H,3-4H2,1-2H3,(H,7,8)/t6-/m0/s1. The number of hydrogen-bond donors (Lipinski definition) is 2. The number of carboxylic acid groups (broad SMARTS) is 1. The number of aliphatic hydroxyl groups is 1. The molecule has 2 N–H and O–H groups in total. The molecule has 0 saturated heterocycles. The Hall–Kier alpha value is -0.570. The summed E-state index contributed by atoms with van der Waals surface area (Å²) in [5, 5.41) is 17.3. The monoisotopic (exact) mass is 132 g/mol. The molecular weight excluding hydrogens is 120 g/mol. The molecular formula is C6H12O3. The van der Waals surface area contributed by atoms with Crippen molar-refractivity contribution >= 4 is 5.97 Å². The first-order chi connectivity index (χ1) is 3.98. The molecule has 3 nitrogen and oxygen atoms in total. The molecule has 0 aromatic heterocycles. The van der Waals surface area contributed by atoms with Crippen molar-refractivity contribution in [2.45, 2.75) is 32.3 Å². The molecule has 54 valence electrons. The van der Waals surface area contributed by atoms with E-state index in [2.05, 4.69) is 0 Å². The first-order valence-electron chi connectivity index (χ1n) is 2.92. The summed E-state index contributed by atoms with van der Waals surface area (Å²) in [4.78, 5) is 10.0. The normalized spacial score (nSPS) is 16.8. The molecule has 0 saturated carbocycles. The molecule has 0 heterocycles. The molecule has 1 atom stereocenters. The van der Waals surface area contributed by atoms with Crippen LogP contribution in [0.15, 0.2) is 0 Å². The van der Waals surface area contributed by atoms with E-state index in [0.717, 1.165) is 0 Å². The topological polar surface area (TPSA) is 57.5 Å². The molecule has 0 radical (unpaired) electrons. The van der Waals surface area contributed by atoms with E-state index in [0.29, 0.717) is 6.42 Å². The Morgan fingerprint density at radius 2 is 2.11 bits per heavy atom. The molecule has 0 aliphatic heterocycles. The fraction of sp³-hybridized carbons (Fsp3) is 0.833. The van der Waals surface area contributed by atoms with Gasteiger partial charge in [-0.05, 0) is 13.3 Å². The molecule has 0 bridgehead atoms. The zero-order valence-corrected chi connectivity index (χ0v) is 5.72. The van der Waals surface area contributed by atoms with Gasteiger partial charge in [0.2, 0.25) is 0 Å². The van der Waals surface area contributed by atoms with Crippen LogP contribution in [0.25, 0.3) is 0 Å². The molecule has 9 heavy (non-hydrogen) atoms. The van der Waals surface area contributed by atoms with Gasteiger partial charge in [0.1, 0.15) is 0 Å². The van der Waals surface area contributed by atoms with Crippen molar-refractivity contribution < 1.29 is 15.0 Å². The Morgan fingerprint density at radius 3 is 2.22 bits per heavy atom. The van der Waals surface area contributed by atoms with Crippen LogP contribution in [0.1, 0.15) is 26.7 Å². The zero-order valence-electron chi connectivity index (χ0n) is 5.72. The van der Waals surface area contributed by atoms with Gasteiger partial charge in [-0.2, -0.15) is 0 Å². The van der Waals surface area contributed by atoms with Gasteiger partial charge in [-0.15, -0.1) is 0 Å². The van der Waals surface area contributed by atoms with Gasteiger partial charge >= 0.3 is 5.97 Å². The highest BCUT2D eigenvalue weighted by atomic mass is 16.4. The quantitative estimate of drug-likeness (QED) is 0.592. The summed E-state index contributed by atoms with van der Waals surface area (Å²) in [6.07, 6.45) is 0.294. The van der Waals surface area contributed by atoms with Crippen LogP contribution in [0, 0.1) is 0 Å². The predicted octanol–water partition coefficient (Wildman–Crippen LogP) is 0.622. The van der Waals surface area contributed by atoms with E-state index in [1.165, 1.54) is 6.92 Å². The molecule has 0 rings (SSSR count). The highest BCUT2D eigenvalue weighted by molar-refractivity contribution is 5.67. The molecule has 3 heteroatoms. The SMILES string of the molecule is CC[C@](C)(O)CC(=O)O. The smallest absolute Gasteiger partial charge is 0.306 e. The summed E-state index contributed by atoms with van der Waals surface area (Å²) in [7, 11) is 0. The maximum Gasteiger partial charge on any atom is 0.306 e. The van der Waals surface area contributed by atoms with E-state index in [-0.39, 0.29) is 6.42 Å². The highest BCUT2D eigenvalue weighted by Crippen LogP contribution is 2.12. The van der Waals surface area contributed by atoms with E-state index in [1.54, 1.807) is 6.92 Å². The molecule has 0 aromatic carbocycles. The molecule has 0 aromatic rings. The minimum atomic E-state index is -1.04. The van der Waals surface area contributed by atoms with Crippen LogP contribution >= 0.6 is 0 Å². The lowest BCUT2D eigenvalue weighted by molar-refractivity contribution is -0.141. The van der Waals surface area contributed by atoms with Crippen molar-refractivity contribution in [3.8, 4) is 0 Å². The number of rotatable bonds is 3. The lowest BCUT2D eigenvalue weighted by Crippen LogP contribution is -2.26. The van der Waals surface area contributed by atoms with Gasteiger partial charge < -0.3 is 10.2 Å². The number of carbonyl (C=O) groups is 1. The van der Waals surface area contributed by atoms with Crippen LogP contribution < -0.4 is 0 Å². The van der Waals surface area contributed by atoms with Crippen LogP contribution in [0.2, 0.25) is 0 Å². The van der Waals surface area contributed by atoms with Crippen LogP contribution in [-0.4, -0.2) is 21.8 Å². The Balaban J connectivity index is 3.71. The van der Waals surface area contributed by atoms with E-state index in [9.17, 15) is 4.79 Å². The third kappa shape index (κ3) is 3.97. The van der Waals surface area contributed by atoms with E-state index in [1.807, 2.05) is 0 Å². The van der Waals surface area contributed by atoms with Crippen molar-refractivity contribution in [3.63, 3.8) is 0 Å². The van der Waals surface area contributed by atoms with E-state index in [4.69, 9.17) is 10.2 Å². The van der Waals surface area contributed by atoms with Gasteiger partial charge in [-0.3, -0.25) is 4.79 Å². The molecule has 0 fully saturated rings. The second-order valence-corrected chi connectivity index (χ2v) is 2.42. The second-order valence-electron chi connectivity index (χ2n) is 2.42. The fourth-order valence-corrected chi connectivity index (χ4v) is 0.451. The largest absolute Gasteiger partial charge is 0.481 e. The molecule has 0 aliphatic carbocycles. The number of carboxylic acids is 1. The van der Waals surface area contributed by atoms with E-state index >= 15 is 0 Å². The zero-order chi connectivity index (χ0) is 7.49. The molecule has 0 aliphatic rings. The third-order valence-electron chi connectivity index (χ3n) is 1.29. The van der Waals surface area contributed by atoms with Gasteiger partial charge in [0, 0.05) is 0 Å². The Kier molecular flexibility index (Phi) is 2.65. The number of aliphatic carboxylic acids is 1. The average Bonchev–Trinajstić information content (AvgIpc) is 1.63. The summed E-state index contributed by atoms with van der Waals surface area (Å²) < 4.78 is 0. The number of hydrogen-bond acceptors (Lipinski definition) is 2. The summed E-state index contributed by atoms with van der Waals surface area (Å²) in [5.41, 5.74) is -1.04. The lowest BCUT2D eigenvalue weighted by atomic mass is 10.00. The fourth-order valence-electron chi connectivity index (χ4n) is 0.451. The maximum atomic E-state index is 10.0. The molecule has 0 unspecified atom stereocenters. The third-order valence-corrected chi connectivity index (χ3v) is 1.29. The summed E-state index contributed by atoms with van der Waals surface area (Å²) >= 11 is 0.